The van der Waals surface area contributed by atoms with Gasteiger partial charge in [0.25, 0.3) is 0 Å². The third-order valence-electron chi connectivity index (χ3n) is 6.22. The number of aryl methyl sites for hydroxylation is 2. The molecule has 0 bridgehead atoms. The first-order chi connectivity index (χ1) is 17.4. The average molecular weight is 531 g/mol. The van der Waals surface area contributed by atoms with E-state index in [1.807, 2.05) is 52.5 Å². The smallest absolute Gasteiger partial charge is 0.410 e. The molecule has 1 aliphatic rings. The lowest BCUT2D eigenvalue weighted by molar-refractivity contribution is 0.0218. The Balaban J connectivity index is 1.83. The van der Waals surface area contributed by atoms with Crippen LogP contribution in [0.4, 0.5) is 15.0 Å². The number of nitrogens with zero attached hydrogens (tertiary/aromatic N) is 6. The molecule has 1 fully saturated rings. The third-order valence-corrected chi connectivity index (χ3v) is 6.49. The summed E-state index contributed by atoms with van der Waals surface area (Å²) in [5.41, 5.74) is 1.16. The number of rotatable bonds is 4. The minimum atomic E-state index is -0.709. The highest BCUT2D eigenvalue weighted by Crippen LogP contribution is 2.31. The monoisotopic (exact) mass is 530 g/mol. The highest BCUT2D eigenvalue weighted by atomic mass is 35.5. The van der Waals surface area contributed by atoms with Crippen molar-refractivity contribution >= 4 is 34.5 Å². The van der Waals surface area contributed by atoms with Gasteiger partial charge in [-0.1, -0.05) is 24.9 Å². The molecule has 0 unspecified atom stereocenters. The number of carbonyl (C=O) groups is 1. The maximum absolute atomic E-state index is 14.7. The van der Waals surface area contributed by atoms with Gasteiger partial charge in [0, 0.05) is 31.9 Å². The first-order valence-electron chi connectivity index (χ1n) is 12.4. The summed E-state index contributed by atoms with van der Waals surface area (Å²) in [5, 5.41) is 0.0175. The molecule has 37 heavy (non-hydrogen) atoms. The Bertz CT molecular complexity index is 1400. The van der Waals surface area contributed by atoms with Gasteiger partial charge in [0.05, 0.1) is 16.8 Å². The van der Waals surface area contributed by atoms with Crippen LogP contribution in [0.5, 0.6) is 0 Å². The van der Waals surface area contributed by atoms with E-state index in [1.54, 1.807) is 11.1 Å². The molecule has 3 aromatic rings. The number of amides is 1. The summed E-state index contributed by atoms with van der Waals surface area (Å²) >= 11 is 6.10. The number of pyridine rings is 2. The molecule has 0 radical (unpaired) electrons. The Morgan fingerprint density at radius 1 is 1.27 bits per heavy atom. The van der Waals surface area contributed by atoms with Crippen molar-refractivity contribution in [2.45, 2.75) is 66.0 Å². The molecular weight excluding hydrogens is 499 g/mol. The SMILES string of the molecule is CCCc1nccc(C)c1-n1c(=O)nc(N2CCN(C(=O)OC(C)(C)C)C[C@@H]2C)c2cc(F)c(Cl)nc21. The number of ether oxygens (including phenoxy) is 1. The van der Waals surface area contributed by atoms with Crippen molar-refractivity contribution in [3.63, 3.8) is 0 Å². The normalized spacial score (nSPS) is 16.4. The second-order valence-electron chi connectivity index (χ2n) is 10.3. The van der Waals surface area contributed by atoms with Crippen LogP contribution in [-0.2, 0) is 11.2 Å². The zero-order chi connectivity index (χ0) is 27.1. The van der Waals surface area contributed by atoms with Crippen molar-refractivity contribution in [1.82, 2.24) is 24.4 Å². The molecule has 11 heteroatoms. The van der Waals surface area contributed by atoms with Gasteiger partial charge in [-0.3, -0.25) is 4.98 Å². The Hall–Kier alpha value is -3.27. The van der Waals surface area contributed by atoms with E-state index in [2.05, 4.69) is 15.0 Å². The molecule has 0 aliphatic carbocycles. The summed E-state index contributed by atoms with van der Waals surface area (Å²) in [6.07, 6.45) is 2.77. The third kappa shape index (κ3) is 5.39. The van der Waals surface area contributed by atoms with Crippen LogP contribution in [0.2, 0.25) is 5.15 Å². The van der Waals surface area contributed by atoms with Crippen LogP contribution in [0.1, 0.15) is 52.3 Å². The van der Waals surface area contributed by atoms with Gasteiger partial charge < -0.3 is 14.5 Å². The highest BCUT2D eigenvalue weighted by molar-refractivity contribution is 6.30. The fourth-order valence-electron chi connectivity index (χ4n) is 4.60. The standard InChI is InChI=1S/C26H32ClFN6O3/c1-7-8-19-20(15(2)9-10-29-19)34-23-17(13-18(28)21(27)30-23)22(31-24(34)35)33-12-11-32(14-16(33)3)25(36)37-26(4,5)6/h9-10,13,16H,7-8,11-12,14H2,1-6H3/t16-/m0/s1. The van der Waals surface area contributed by atoms with Crippen LogP contribution in [0, 0.1) is 12.7 Å². The van der Waals surface area contributed by atoms with Crippen molar-refractivity contribution in [3.8, 4) is 5.69 Å². The summed E-state index contributed by atoms with van der Waals surface area (Å²) in [5.74, 6) is -0.409. The summed E-state index contributed by atoms with van der Waals surface area (Å²) in [4.78, 5) is 42.9. The molecule has 0 aromatic carbocycles. The van der Waals surface area contributed by atoms with Gasteiger partial charge in [-0.15, -0.1) is 0 Å². The lowest BCUT2D eigenvalue weighted by atomic mass is 10.1. The van der Waals surface area contributed by atoms with Crippen LogP contribution in [0.15, 0.2) is 23.1 Å². The Labute approximate surface area is 220 Å². The molecule has 4 heterocycles. The maximum Gasteiger partial charge on any atom is 0.410 e. The first-order valence-corrected chi connectivity index (χ1v) is 12.8. The highest BCUT2D eigenvalue weighted by Gasteiger charge is 2.32. The fraction of sp³-hybridized carbons (Fsp3) is 0.500. The van der Waals surface area contributed by atoms with E-state index < -0.39 is 23.2 Å². The van der Waals surface area contributed by atoms with Gasteiger partial charge in [-0.05, 0) is 58.7 Å². The number of carbonyl (C=O) groups excluding carboxylic acids is 1. The van der Waals surface area contributed by atoms with E-state index in [1.165, 1.54) is 10.6 Å². The number of halogens is 2. The van der Waals surface area contributed by atoms with Gasteiger partial charge in [-0.25, -0.2) is 23.5 Å². The number of aromatic nitrogens is 4. The van der Waals surface area contributed by atoms with E-state index in [0.717, 1.165) is 17.7 Å². The lowest BCUT2D eigenvalue weighted by Crippen LogP contribution is -2.55. The predicted octanol–water partition coefficient (Wildman–Crippen LogP) is 4.67. The van der Waals surface area contributed by atoms with Crippen LogP contribution >= 0.6 is 11.6 Å². The Morgan fingerprint density at radius 2 is 2.00 bits per heavy atom. The van der Waals surface area contributed by atoms with E-state index in [0.29, 0.717) is 42.9 Å². The second kappa shape index (κ2) is 10.2. The minimum Gasteiger partial charge on any atom is -0.444 e. The molecule has 1 atom stereocenters. The molecule has 4 rings (SSSR count). The fourth-order valence-corrected chi connectivity index (χ4v) is 4.74. The topological polar surface area (TPSA) is 93.5 Å². The van der Waals surface area contributed by atoms with Crippen molar-refractivity contribution in [1.29, 1.82) is 0 Å². The molecule has 0 spiro atoms. The summed E-state index contributed by atoms with van der Waals surface area (Å²) < 4.78 is 21.6. The van der Waals surface area contributed by atoms with E-state index >= 15 is 0 Å². The second-order valence-corrected chi connectivity index (χ2v) is 10.7. The van der Waals surface area contributed by atoms with Crippen molar-refractivity contribution in [3.05, 3.63) is 51.0 Å². The molecule has 1 aliphatic heterocycles. The number of hydrogen-bond acceptors (Lipinski definition) is 7. The average Bonchev–Trinajstić information content (AvgIpc) is 2.80. The Kier molecular flexibility index (Phi) is 7.41. The molecule has 1 saturated heterocycles. The van der Waals surface area contributed by atoms with Crippen molar-refractivity contribution in [2.75, 3.05) is 24.5 Å². The van der Waals surface area contributed by atoms with Crippen LogP contribution < -0.4 is 10.6 Å². The summed E-state index contributed by atoms with van der Waals surface area (Å²) in [7, 11) is 0. The number of anilines is 1. The molecular formula is C26H32ClFN6O3. The van der Waals surface area contributed by atoms with Gasteiger partial charge in [0.2, 0.25) is 0 Å². The number of fused-ring (bicyclic) bond motifs is 1. The Morgan fingerprint density at radius 3 is 2.65 bits per heavy atom. The largest absolute Gasteiger partial charge is 0.444 e. The van der Waals surface area contributed by atoms with Gasteiger partial charge in [-0.2, -0.15) is 4.98 Å². The lowest BCUT2D eigenvalue weighted by Gasteiger charge is -2.41. The van der Waals surface area contributed by atoms with Crippen LogP contribution in [-0.4, -0.2) is 61.8 Å². The predicted molar refractivity (Wildman–Crippen MR) is 141 cm³/mol. The molecule has 3 aromatic heterocycles. The molecule has 0 saturated carbocycles. The van der Waals surface area contributed by atoms with Crippen molar-refractivity contribution < 1.29 is 13.9 Å². The van der Waals surface area contributed by atoms with Gasteiger partial charge >= 0.3 is 11.8 Å². The summed E-state index contributed by atoms with van der Waals surface area (Å²) in [6, 6.07) is 2.85. The van der Waals surface area contributed by atoms with Gasteiger partial charge in [0.1, 0.15) is 11.4 Å². The summed E-state index contributed by atoms with van der Waals surface area (Å²) in [6.45, 7) is 12.4. The van der Waals surface area contributed by atoms with Crippen molar-refractivity contribution in [2.24, 2.45) is 0 Å². The zero-order valence-corrected chi connectivity index (χ0v) is 22.8. The molecule has 1 amide bonds. The number of piperazine rings is 1. The van der Waals surface area contributed by atoms with Gasteiger partial charge in [0.15, 0.2) is 16.6 Å². The first kappa shape index (κ1) is 26.8. The van der Waals surface area contributed by atoms with E-state index in [4.69, 9.17) is 16.3 Å². The molecule has 198 valence electrons. The van der Waals surface area contributed by atoms with E-state index in [9.17, 15) is 14.0 Å². The van der Waals surface area contributed by atoms with Crippen LogP contribution in [0.25, 0.3) is 16.7 Å². The number of hydrogen-bond donors (Lipinski definition) is 0. The maximum atomic E-state index is 14.7. The zero-order valence-electron chi connectivity index (χ0n) is 22.0. The van der Waals surface area contributed by atoms with E-state index in [-0.39, 0.29) is 16.8 Å². The quantitative estimate of drug-likeness (QED) is 0.452. The molecule has 9 nitrogen and oxygen atoms in total. The molecule has 0 N–H and O–H groups in total. The minimum absolute atomic E-state index is 0.205. The van der Waals surface area contributed by atoms with Crippen LogP contribution in [0.3, 0.4) is 0 Å².